The Labute approximate surface area is 242 Å². The molecular formula is C27H23BrClN3O8. The van der Waals surface area contributed by atoms with Crippen LogP contribution in [-0.4, -0.2) is 49.0 Å². The van der Waals surface area contributed by atoms with Crippen LogP contribution in [0.1, 0.15) is 28.8 Å². The number of anilines is 1. The van der Waals surface area contributed by atoms with E-state index in [-0.39, 0.29) is 36.3 Å². The number of halogens is 2. The SMILES string of the molecule is CCOc1cc(/C=C2\NC(=O)N(Cc3ccc(C(=O)OC)o3)C2=O)c(Br)cc1OCC(=O)Nc1ccc(Cl)cc1. The summed E-state index contributed by atoms with van der Waals surface area (Å²) in [5.74, 6) is -0.842. The Morgan fingerprint density at radius 3 is 2.52 bits per heavy atom. The molecular weight excluding hydrogens is 610 g/mol. The quantitative estimate of drug-likeness (QED) is 0.181. The molecule has 0 spiro atoms. The first-order chi connectivity index (χ1) is 19.2. The zero-order valence-corrected chi connectivity index (χ0v) is 23.6. The lowest BCUT2D eigenvalue weighted by Gasteiger charge is -2.14. The first kappa shape index (κ1) is 28.7. The number of esters is 1. The second-order valence-electron chi connectivity index (χ2n) is 8.23. The fourth-order valence-electron chi connectivity index (χ4n) is 3.62. The number of benzene rings is 2. The number of hydrogen-bond acceptors (Lipinski definition) is 8. The molecule has 1 aliphatic heterocycles. The molecule has 40 heavy (non-hydrogen) atoms. The molecule has 0 aliphatic carbocycles. The second-order valence-corrected chi connectivity index (χ2v) is 9.52. The third kappa shape index (κ3) is 6.82. The second kappa shape index (κ2) is 12.7. The third-order valence-electron chi connectivity index (χ3n) is 5.47. The number of hydrogen-bond donors (Lipinski definition) is 2. The minimum Gasteiger partial charge on any atom is -0.490 e. The fourth-order valence-corrected chi connectivity index (χ4v) is 4.18. The summed E-state index contributed by atoms with van der Waals surface area (Å²) in [7, 11) is 1.21. The maximum atomic E-state index is 13.0. The van der Waals surface area contributed by atoms with Crippen LogP contribution in [0.2, 0.25) is 5.02 Å². The van der Waals surface area contributed by atoms with Crippen molar-refractivity contribution in [3.63, 3.8) is 0 Å². The molecule has 4 amide bonds. The van der Waals surface area contributed by atoms with Crippen LogP contribution in [-0.2, 0) is 20.9 Å². The molecule has 0 unspecified atom stereocenters. The molecule has 1 aliphatic rings. The minimum atomic E-state index is -0.673. The van der Waals surface area contributed by atoms with Gasteiger partial charge in [0.1, 0.15) is 11.5 Å². The lowest BCUT2D eigenvalue weighted by molar-refractivity contribution is -0.123. The summed E-state index contributed by atoms with van der Waals surface area (Å²) in [5, 5.41) is 5.79. The van der Waals surface area contributed by atoms with Gasteiger partial charge in [0.05, 0.1) is 20.3 Å². The first-order valence-corrected chi connectivity index (χ1v) is 13.0. The van der Waals surface area contributed by atoms with Gasteiger partial charge in [-0.2, -0.15) is 0 Å². The van der Waals surface area contributed by atoms with Crippen LogP contribution in [0.4, 0.5) is 10.5 Å². The van der Waals surface area contributed by atoms with Crippen molar-refractivity contribution >= 4 is 63.1 Å². The molecule has 2 heterocycles. The van der Waals surface area contributed by atoms with Crippen LogP contribution in [0.15, 0.2) is 63.1 Å². The number of rotatable bonds is 10. The van der Waals surface area contributed by atoms with Gasteiger partial charge in [-0.3, -0.25) is 14.5 Å². The normalized spacial score (nSPS) is 13.8. The maximum absolute atomic E-state index is 13.0. The number of nitrogens with one attached hydrogen (secondary N) is 2. The molecule has 0 bridgehead atoms. The number of furan rings is 1. The minimum absolute atomic E-state index is 0.0175. The van der Waals surface area contributed by atoms with Crippen molar-refractivity contribution in [2.75, 3.05) is 25.6 Å². The van der Waals surface area contributed by atoms with Crippen LogP contribution in [0.25, 0.3) is 6.08 Å². The topological polar surface area (TPSA) is 136 Å². The molecule has 11 nitrogen and oxygen atoms in total. The van der Waals surface area contributed by atoms with Crippen molar-refractivity contribution in [3.8, 4) is 11.5 Å². The molecule has 1 fully saturated rings. The number of nitrogens with zero attached hydrogens (tertiary/aromatic N) is 1. The van der Waals surface area contributed by atoms with Gasteiger partial charge in [-0.15, -0.1) is 0 Å². The molecule has 13 heteroatoms. The summed E-state index contributed by atoms with van der Waals surface area (Å²) in [6.07, 6.45) is 1.48. The Morgan fingerprint density at radius 1 is 1.10 bits per heavy atom. The van der Waals surface area contributed by atoms with Gasteiger partial charge in [-0.25, -0.2) is 9.59 Å². The van der Waals surface area contributed by atoms with E-state index in [1.807, 2.05) is 0 Å². The number of amides is 4. The average Bonchev–Trinajstić information content (AvgIpc) is 3.51. The molecule has 4 rings (SSSR count). The highest BCUT2D eigenvalue weighted by Gasteiger charge is 2.34. The van der Waals surface area contributed by atoms with Crippen LogP contribution in [0.5, 0.6) is 11.5 Å². The Bertz CT molecular complexity index is 1490. The molecule has 208 valence electrons. The van der Waals surface area contributed by atoms with Crippen molar-refractivity contribution in [1.82, 2.24) is 10.2 Å². The molecule has 1 saturated heterocycles. The van der Waals surface area contributed by atoms with Gasteiger partial charge < -0.3 is 29.3 Å². The number of carbonyl (C=O) groups is 4. The van der Waals surface area contributed by atoms with E-state index >= 15 is 0 Å². The van der Waals surface area contributed by atoms with E-state index in [1.165, 1.54) is 25.3 Å². The van der Waals surface area contributed by atoms with Crippen molar-refractivity contribution in [2.45, 2.75) is 13.5 Å². The predicted octanol–water partition coefficient (Wildman–Crippen LogP) is 4.99. The molecule has 2 aromatic carbocycles. The number of ether oxygens (including phenoxy) is 3. The molecule has 2 N–H and O–H groups in total. The molecule has 0 saturated carbocycles. The average molecular weight is 633 g/mol. The van der Waals surface area contributed by atoms with Crippen molar-refractivity contribution in [1.29, 1.82) is 0 Å². The van der Waals surface area contributed by atoms with Gasteiger partial charge in [0.15, 0.2) is 18.1 Å². The summed E-state index contributed by atoms with van der Waals surface area (Å²) in [5.41, 5.74) is 1.10. The van der Waals surface area contributed by atoms with E-state index in [2.05, 4.69) is 31.3 Å². The van der Waals surface area contributed by atoms with Gasteiger partial charge in [0, 0.05) is 15.2 Å². The zero-order valence-electron chi connectivity index (χ0n) is 21.3. The summed E-state index contributed by atoms with van der Waals surface area (Å²) in [6, 6.07) is 12.1. The van der Waals surface area contributed by atoms with Crippen molar-refractivity contribution in [2.24, 2.45) is 0 Å². The maximum Gasteiger partial charge on any atom is 0.373 e. The van der Waals surface area contributed by atoms with Crippen LogP contribution in [0.3, 0.4) is 0 Å². The molecule has 0 radical (unpaired) electrons. The monoisotopic (exact) mass is 631 g/mol. The molecule has 1 aromatic heterocycles. The highest BCUT2D eigenvalue weighted by Crippen LogP contribution is 2.35. The summed E-state index contributed by atoms with van der Waals surface area (Å²) in [4.78, 5) is 50.4. The van der Waals surface area contributed by atoms with E-state index in [0.29, 0.717) is 38.9 Å². The smallest absolute Gasteiger partial charge is 0.373 e. The Kier molecular flexibility index (Phi) is 9.12. The molecule has 0 atom stereocenters. The van der Waals surface area contributed by atoms with E-state index in [4.69, 9.17) is 25.5 Å². The van der Waals surface area contributed by atoms with Crippen LogP contribution >= 0.6 is 27.5 Å². The standard InChI is InChI=1S/C27H23BrClN3O8/c1-3-38-22-11-15(19(28)12-23(22)39-14-24(33)30-17-6-4-16(29)5-7-17)10-20-25(34)32(27(36)31-20)13-18-8-9-21(40-18)26(35)37-2/h4-12H,3,13-14H2,1-2H3,(H,30,33)(H,31,36)/b20-10-. The molecule has 3 aromatic rings. The largest absolute Gasteiger partial charge is 0.490 e. The van der Waals surface area contributed by atoms with Gasteiger partial charge in [-0.1, -0.05) is 27.5 Å². The van der Waals surface area contributed by atoms with Crippen molar-refractivity contribution < 1.29 is 37.8 Å². The predicted molar refractivity (Wildman–Crippen MR) is 148 cm³/mol. The van der Waals surface area contributed by atoms with E-state index in [1.54, 1.807) is 43.3 Å². The zero-order chi connectivity index (χ0) is 28.8. The lowest BCUT2D eigenvalue weighted by atomic mass is 10.1. The summed E-state index contributed by atoms with van der Waals surface area (Å²) < 4.78 is 21.9. The van der Waals surface area contributed by atoms with Gasteiger partial charge in [0.25, 0.3) is 11.8 Å². The fraction of sp³-hybridized carbons (Fsp3) is 0.185. The number of carbonyl (C=O) groups excluding carboxylic acids is 4. The van der Waals surface area contributed by atoms with Crippen LogP contribution < -0.4 is 20.1 Å². The Hall–Kier alpha value is -4.29. The third-order valence-corrected chi connectivity index (χ3v) is 6.41. The van der Waals surface area contributed by atoms with Crippen LogP contribution in [0, 0.1) is 0 Å². The number of methoxy groups -OCH3 is 1. The Morgan fingerprint density at radius 2 is 1.82 bits per heavy atom. The van der Waals surface area contributed by atoms with Gasteiger partial charge in [0.2, 0.25) is 5.76 Å². The number of imide groups is 1. The Balaban J connectivity index is 1.47. The van der Waals surface area contributed by atoms with Gasteiger partial charge in [-0.05, 0) is 67.1 Å². The van der Waals surface area contributed by atoms with Gasteiger partial charge >= 0.3 is 12.0 Å². The van der Waals surface area contributed by atoms with E-state index < -0.39 is 17.9 Å². The summed E-state index contributed by atoms with van der Waals surface area (Å²) in [6.45, 7) is 1.62. The van der Waals surface area contributed by atoms with Crippen molar-refractivity contribution in [3.05, 3.63) is 80.8 Å². The lowest BCUT2D eigenvalue weighted by Crippen LogP contribution is -2.30. The number of urea groups is 1. The van der Waals surface area contributed by atoms with E-state index in [0.717, 1.165) is 4.90 Å². The summed E-state index contributed by atoms with van der Waals surface area (Å²) >= 11 is 9.31. The first-order valence-electron chi connectivity index (χ1n) is 11.8. The highest BCUT2D eigenvalue weighted by molar-refractivity contribution is 9.10. The highest BCUT2D eigenvalue weighted by atomic mass is 79.9. The van der Waals surface area contributed by atoms with E-state index in [9.17, 15) is 19.2 Å².